The number of aromatic nitrogens is 4. The zero-order valence-electron chi connectivity index (χ0n) is 14.1. The van der Waals surface area contributed by atoms with Gasteiger partial charge in [0.25, 0.3) is 0 Å². The van der Waals surface area contributed by atoms with E-state index in [9.17, 15) is 0 Å². The molecule has 3 aromatic rings. The van der Waals surface area contributed by atoms with E-state index >= 15 is 0 Å². The van der Waals surface area contributed by atoms with Crippen molar-refractivity contribution in [2.45, 2.75) is 26.3 Å². The Morgan fingerprint density at radius 3 is 2.67 bits per heavy atom. The molecule has 0 bridgehead atoms. The molecule has 0 amide bonds. The Morgan fingerprint density at radius 1 is 1.12 bits per heavy atom. The molecule has 6 heteroatoms. The molecule has 1 aliphatic rings. The maximum absolute atomic E-state index is 5.07. The van der Waals surface area contributed by atoms with Gasteiger partial charge in [0.1, 0.15) is 0 Å². The molecule has 0 aliphatic carbocycles. The molecule has 0 unspecified atom stereocenters. The second-order valence-electron chi connectivity index (χ2n) is 6.27. The molecule has 4 rings (SSSR count). The molecule has 0 saturated heterocycles. The van der Waals surface area contributed by atoms with Gasteiger partial charge in [0.2, 0.25) is 5.89 Å². The smallest absolute Gasteiger partial charge is 0.223 e. The average Bonchev–Trinajstić information content (AvgIpc) is 3.07. The lowest BCUT2D eigenvalue weighted by molar-refractivity contribution is 0.265. The minimum atomic E-state index is 0.622. The third-order valence-corrected chi connectivity index (χ3v) is 4.55. The molecule has 0 spiro atoms. The van der Waals surface area contributed by atoms with E-state index in [0.717, 1.165) is 38.3 Å². The summed E-state index contributed by atoms with van der Waals surface area (Å²) in [7, 11) is 2.04. The van der Waals surface area contributed by atoms with Crippen LogP contribution in [-0.4, -0.2) is 37.9 Å². The van der Waals surface area contributed by atoms with Crippen LogP contribution in [0.15, 0.2) is 34.9 Å². The Kier molecular flexibility index (Phi) is 3.90. The quantitative estimate of drug-likeness (QED) is 0.740. The zero-order chi connectivity index (χ0) is 16.5. The van der Waals surface area contributed by atoms with E-state index in [1.165, 1.54) is 22.5 Å². The van der Waals surface area contributed by atoms with Gasteiger partial charge >= 0.3 is 0 Å². The molecule has 1 aromatic carbocycles. The maximum Gasteiger partial charge on any atom is 0.223 e. The van der Waals surface area contributed by atoms with E-state index in [-0.39, 0.29) is 0 Å². The number of benzene rings is 1. The topological polar surface area (TPSA) is 60.0 Å². The van der Waals surface area contributed by atoms with E-state index in [0.29, 0.717) is 5.89 Å². The highest BCUT2D eigenvalue weighted by molar-refractivity contribution is 5.64. The van der Waals surface area contributed by atoms with E-state index < -0.39 is 0 Å². The Morgan fingerprint density at radius 2 is 1.92 bits per heavy atom. The summed E-state index contributed by atoms with van der Waals surface area (Å²) in [5, 5.41) is 8.78. The van der Waals surface area contributed by atoms with E-state index in [2.05, 4.69) is 39.3 Å². The largest absolute Gasteiger partial charge is 0.340 e. The van der Waals surface area contributed by atoms with Crippen LogP contribution in [0.1, 0.15) is 23.0 Å². The van der Waals surface area contributed by atoms with Gasteiger partial charge in [-0.05, 0) is 6.42 Å². The van der Waals surface area contributed by atoms with Crippen LogP contribution in [0, 0.1) is 6.92 Å². The van der Waals surface area contributed by atoms with E-state index in [4.69, 9.17) is 9.62 Å². The molecule has 0 radical (unpaired) electrons. The van der Waals surface area contributed by atoms with Crippen LogP contribution in [0.3, 0.4) is 0 Å². The monoisotopic (exact) mass is 323 g/mol. The van der Waals surface area contributed by atoms with E-state index in [1.807, 2.05) is 24.7 Å². The molecule has 24 heavy (non-hydrogen) atoms. The van der Waals surface area contributed by atoms with Crippen LogP contribution >= 0.6 is 0 Å². The minimum absolute atomic E-state index is 0.622. The first-order valence-corrected chi connectivity index (χ1v) is 8.32. The Hall–Kier alpha value is -2.47. The number of hydrogen-bond donors (Lipinski definition) is 0. The van der Waals surface area contributed by atoms with Gasteiger partial charge in [0, 0.05) is 44.6 Å². The molecule has 0 N–H and O–H groups in total. The van der Waals surface area contributed by atoms with Crippen molar-refractivity contribution in [3.8, 4) is 11.3 Å². The number of fused-ring (bicyclic) bond motifs is 1. The van der Waals surface area contributed by atoms with Gasteiger partial charge in [-0.2, -0.15) is 10.1 Å². The number of nitrogens with zero attached hydrogens (tertiary/aromatic N) is 5. The highest BCUT2D eigenvalue weighted by atomic mass is 16.5. The summed E-state index contributed by atoms with van der Waals surface area (Å²) in [4.78, 5) is 6.69. The third kappa shape index (κ3) is 2.85. The van der Waals surface area contributed by atoms with Gasteiger partial charge in [0.05, 0.1) is 17.9 Å². The fourth-order valence-corrected chi connectivity index (χ4v) is 3.45. The van der Waals surface area contributed by atoms with Crippen molar-refractivity contribution >= 4 is 0 Å². The van der Waals surface area contributed by atoms with E-state index in [1.54, 1.807) is 0 Å². The highest BCUT2D eigenvalue weighted by Crippen LogP contribution is 2.28. The lowest BCUT2D eigenvalue weighted by Gasteiger charge is -2.17. The first-order chi connectivity index (χ1) is 11.7. The Bertz CT molecular complexity index is 836. The Balaban J connectivity index is 1.56. The molecule has 0 fully saturated rings. The van der Waals surface area contributed by atoms with Gasteiger partial charge in [0.15, 0.2) is 5.82 Å². The summed E-state index contributed by atoms with van der Waals surface area (Å²) in [5.74, 6) is 1.38. The predicted molar refractivity (Wildman–Crippen MR) is 90.4 cm³/mol. The molecule has 3 heterocycles. The normalized spacial score (nSPS) is 15.2. The van der Waals surface area contributed by atoms with Crippen molar-refractivity contribution in [2.75, 3.05) is 13.1 Å². The molecular weight excluding hydrogens is 302 g/mol. The van der Waals surface area contributed by atoms with Gasteiger partial charge < -0.3 is 4.52 Å². The summed E-state index contributed by atoms with van der Waals surface area (Å²) in [6.07, 6.45) is 1.94. The minimum Gasteiger partial charge on any atom is -0.340 e. The number of hydrogen-bond acceptors (Lipinski definition) is 5. The summed E-state index contributed by atoms with van der Waals surface area (Å²) in [6.45, 7) is 4.50. The second kappa shape index (κ2) is 6.20. The van der Waals surface area contributed by atoms with Crippen LogP contribution in [-0.2, 0) is 26.4 Å². The van der Waals surface area contributed by atoms with Gasteiger partial charge in [-0.15, -0.1) is 0 Å². The van der Waals surface area contributed by atoms with Crippen molar-refractivity contribution in [3.05, 3.63) is 53.3 Å². The Labute approximate surface area is 141 Å². The zero-order valence-corrected chi connectivity index (χ0v) is 14.1. The fraction of sp³-hybridized carbons (Fsp3) is 0.389. The summed E-state index contributed by atoms with van der Waals surface area (Å²) >= 11 is 0. The summed E-state index contributed by atoms with van der Waals surface area (Å²) in [6, 6.07) is 10.5. The van der Waals surface area contributed by atoms with Gasteiger partial charge in [-0.25, -0.2) is 0 Å². The third-order valence-electron chi connectivity index (χ3n) is 4.55. The van der Waals surface area contributed by atoms with Crippen LogP contribution in [0.5, 0.6) is 0 Å². The van der Waals surface area contributed by atoms with Crippen LogP contribution in [0.4, 0.5) is 0 Å². The van der Waals surface area contributed by atoms with Gasteiger partial charge in [-0.1, -0.05) is 35.5 Å². The molecule has 0 atom stereocenters. The highest BCUT2D eigenvalue weighted by Gasteiger charge is 2.22. The van der Waals surface area contributed by atoms with Crippen LogP contribution in [0.25, 0.3) is 11.3 Å². The molecule has 6 nitrogen and oxygen atoms in total. The van der Waals surface area contributed by atoms with Crippen molar-refractivity contribution in [2.24, 2.45) is 7.05 Å². The fourth-order valence-electron chi connectivity index (χ4n) is 3.45. The lowest BCUT2D eigenvalue weighted by Crippen LogP contribution is -2.26. The number of rotatable bonds is 3. The SMILES string of the molecule is Cc1nc(CN2CCc3nn(C)c(-c4ccccc4)c3CC2)no1. The van der Waals surface area contributed by atoms with Gasteiger partial charge in [-0.3, -0.25) is 9.58 Å². The molecule has 124 valence electrons. The standard InChI is InChI=1S/C18H21N5O/c1-13-19-17(21-24-13)12-23-10-8-15-16(9-11-23)20-22(2)18(15)14-6-4-3-5-7-14/h3-7H,8-12H2,1-2H3. The van der Waals surface area contributed by atoms with Crippen molar-refractivity contribution in [3.63, 3.8) is 0 Å². The molecular formula is C18H21N5O. The summed E-state index contributed by atoms with van der Waals surface area (Å²) in [5.41, 5.74) is 5.05. The van der Waals surface area contributed by atoms with Crippen LogP contribution < -0.4 is 0 Å². The second-order valence-corrected chi connectivity index (χ2v) is 6.27. The molecule has 0 saturated carbocycles. The average molecular weight is 323 g/mol. The maximum atomic E-state index is 5.07. The number of aryl methyl sites for hydroxylation is 2. The first kappa shape index (κ1) is 15.1. The predicted octanol–water partition coefficient (Wildman–Crippen LogP) is 2.38. The van der Waals surface area contributed by atoms with Crippen molar-refractivity contribution in [1.82, 2.24) is 24.8 Å². The lowest BCUT2D eigenvalue weighted by atomic mass is 10.0. The first-order valence-electron chi connectivity index (χ1n) is 8.32. The summed E-state index contributed by atoms with van der Waals surface area (Å²) < 4.78 is 7.10. The molecule has 2 aromatic heterocycles. The van der Waals surface area contributed by atoms with Crippen molar-refractivity contribution < 1.29 is 4.52 Å². The van der Waals surface area contributed by atoms with Crippen molar-refractivity contribution in [1.29, 1.82) is 0 Å². The molecule has 1 aliphatic heterocycles. The van der Waals surface area contributed by atoms with Crippen LogP contribution in [0.2, 0.25) is 0 Å².